The third kappa shape index (κ3) is 4.03. The van der Waals surface area contributed by atoms with Gasteiger partial charge in [-0.1, -0.05) is 20.3 Å². The van der Waals surface area contributed by atoms with E-state index in [-0.39, 0.29) is 5.54 Å². The Morgan fingerprint density at radius 3 is 2.89 bits per heavy atom. The second-order valence-electron chi connectivity index (χ2n) is 5.87. The zero-order chi connectivity index (χ0) is 13.9. The summed E-state index contributed by atoms with van der Waals surface area (Å²) in [5, 5.41) is 5.94. The highest BCUT2D eigenvalue weighted by Crippen LogP contribution is 2.26. The summed E-state index contributed by atoms with van der Waals surface area (Å²) in [5.41, 5.74) is 0.277. The first-order valence-electron chi connectivity index (χ1n) is 7.28. The summed E-state index contributed by atoms with van der Waals surface area (Å²) in [6.45, 7) is 10.3. The maximum absolute atomic E-state index is 3.75. The van der Waals surface area contributed by atoms with Gasteiger partial charge in [-0.3, -0.25) is 4.90 Å². The number of hydrogen-bond donors (Lipinski definition) is 1. The van der Waals surface area contributed by atoms with Gasteiger partial charge >= 0.3 is 0 Å². The van der Waals surface area contributed by atoms with Gasteiger partial charge in [0, 0.05) is 45.9 Å². The van der Waals surface area contributed by atoms with Crippen LogP contribution in [0.3, 0.4) is 0 Å². The summed E-state index contributed by atoms with van der Waals surface area (Å²) >= 11 is 5.42. The summed E-state index contributed by atoms with van der Waals surface area (Å²) < 4.78 is 1.22. The highest BCUT2D eigenvalue weighted by molar-refractivity contribution is 9.10. The highest BCUT2D eigenvalue weighted by atomic mass is 79.9. The second-order valence-corrected chi connectivity index (χ2v) is 7.79. The molecule has 1 saturated heterocycles. The van der Waals surface area contributed by atoms with Gasteiger partial charge < -0.3 is 5.32 Å². The minimum absolute atomic E-state index is 0.277. The molecule has 0 aromatic carbocycles. The Morgan fingerprint density at radius 1 is 1.53 bits per heavy atom. The van der Waals surface area contributed by atoms with Gasteiger partial charge in [-0.15, -0.1) is 11.3 Å². The van der Waals surface area contributed by atoms with Crippen molar-refractivity contribution < 1.29 is 0 Å². The van der Waals surface area contributed by atoms with Crippen LogP contribution in [0, 0.1) is 0 Å². The van der Waals surface area contributed by atoms with Crippen molar-refractivity contribution in [2.24, 2.45) is 0 Å². The fraction of sp³-hybridized carbons (Fsp3) is 0.733. The predicted molar refractivity (Wildman–Crippen MR) is 87.8 cm³/mol. The molecule has 2 nitrogen and oxygen atoms in total. The maximum atomic E-state index is 3.75. The topological polar surface area (TPSA) is 15.3 Å². The van der Waals surface area contributed by atoms with Crippen LogP contribution < -0.4 is 5.32 Å². The zero-order valence-corrected chi connectivity index (χ0v) is 14.6. The highest BCUT2D eigenvalue weighted by Gasteiger charge is 2.34. The number of nitrogens with one attached hydrogen (secondary N) is 1. The van der Waals surface area contributed by atoms with E-state index < -0.39 is 0 Å². The minimum atomic E-state index is 0.277. The van der Waals surface area contributed by atoms with Gasteiger partial charge in [0.05, 0.1) is 0 Å². The third-order valence-electron chi connectivity index (χ3n) is 4.22. The Kier molecular flexibility index (Phi) is 5.46. The molecule has 108 valence electrons. The molecular formula is C15H25BrN2S. The average molecular weight is 345 g/mol. The summed E-state index contributed by atoms with van der Waals surface area (Å²) in [5.74, 6) is 0. The molecule has 2 atom stereocenters. The molecular weight excluding hydrogens is 320 g/mol. The van der Waals surface area contributed by atoms with E-state index in [2.05, 4.69) is 58.4 Å². The zero-order valence-electron chi connectivity index (χ0n) is 12.2. The molecule has 0 radical (unpaired) electrons. The van der Waals surface area contributed by atoms with Gasteiger partial charge in [-0.05, 0) is 41.8 Å². The number of rotatable bonds is 5. The van der Waals surface area contributed by atoms with Crippen LogP contribution in [-0.4, -0.2) is 29.6 Å². The molecule has 1 aliphatic heterocycles. The Balaban J connectivity index is 2.06. The van der Waals surface area contributed by atoms with Crippen molar-refractivity contribution in [2.45, 2.75) is 58.2 Å². The van der Waals surface area contributed by atoms with E-state index in [0.717, 1.165) is 19.6 Å². The van der Waals surface area contributed by atoms with Crippen LogP contribution in [0.5, 0.6) is 0 Å². The van der Waals surface area contributed by atoms with Gasteiger partial charge in [0.15, 0.2) is 0 Å². The van der Waals surface area contributed by atoms with Crippen LogP contribution in [0.1, 0.15) is 44.9 Å². The Labute approximate surface area is 129 Å². The van der Waals surface area contributed by atoms with E-state index in [1.165, 1.54) is 28.6 Å². The molecule has 1 aliphatic rings. The molecule has 2 heterocycles. The third-order valence-corrected chi connectivity index (χ3v) is 5.90. The summed E-state index contributed by atoms with van der Waals surface area (Å²) in [6, 6.07) is 2.95. The van der Waals surface area contributed by atoms with Crippen molar-refractivity contribution in [3.63, 3.8) is 0 Å². The molecule has 0 saturated carbocycles. The molecule has 0 amide bonds. The minimum Gasteiger partial charge on any atom is -0.309 e. The largest absolute Gasteiger partial charge is 0.309 e. The molecule has 0 bridgehead atoms. The number of halogens is 1. The van der Waals surface area contributed by atoms with Gasteiger partial charge in [-0.25, -0.2) is 0 Å². The van der Waals surface area contributed by atoms with Crippen molar-refractivity contribution >= 4 is 27.3 Å². The lowest BCUT2D eigenvalue weighted by Crippen LogP contribution is -2.62. The molecule has 19 heavy (non-hydrogen) atoms. The lowest BCUT2D eigenvalue weighted by molar-refractivity contribution is 0.0734. The normalized spacial score (nSPS) is 28.7. The number of hydrogen-bond acceptors (Lipinski definition) is 3. The van der Waals surface area contributed by atoms with Crippen LogP contribution in [0.2, 0.25) is 0 Å². The summed E-state index contributed by atoms with van der Waals surface area (Å²) in [7, 11) is 0. The molecule has 2 rings (SSSR count). The molecule has 1 aromatic rings. The van der Waals surface area contributed by atoms with Crippen LogP contribution in [-0.2, 0) is 6.54 Å². The van der Waals surface area contributed by atoms with Crippen molar-refractivity contribution in [3.05, 3.63) is 20.8 Å². The molecule has 1 aromatic heterocycles. The van der Waals surface area contributed by atoms with Crippen LogP contribution >= 0.6 is 27.3 Å². The van der Waals surface area contributed by atoms with Crippen molar-refractivity contribution in [1.82, 2.24) is 10.2 Å². The van der Waals surface area contributed by atoms with Crippen LogP contribution in [0.25, 0.3) is 0 Å². The monoisotopic (exact) mass is 344 g/mol. The number of piperazine rings is 1. The summed E-state index contributed by atoms with van der Waals surface area (Å²) in [4.78, 5) is 4.15. The van der Waals surface area contributed by atoms with E-state index in [1.807, 2.05) is 11.3 Å². The van der Waals surface area contributed by atoms with Crippen LogP contribution in [0.15, 0.2) is 15.9 Å². The Hall–Kier alpha value is 0.1000. The van der Waals surface area contributed by atoms with E-state index in [9.17, 15) is 0 Å². The maximum Gasteiger partial charge on any atom is 0.0332 e. The van der Waals surface area contributed by atoms with Crippen LogP contribution in [0.4, 0.5) is 0 Å². The fourth-order valence-corrected chi connectivity index (χ4v) is 4.28. The van der Waals surface area contributed by atoms with Crippen molar-refractivity contribution in [2.75, 3.05) is 13.1 Å². The first kappa shape index (κ1) is 15.5. The van der Waals surface area contributed by atoms with E-state index >= 15 is 0 Å². The standard InChI is InChI=1S/C15H25BrN2S/c1-4-6-13-8-17-15(3,5-2)11-18(13)9-14-7-12(16)10-19-14/h7,10,13,17H,4-6,8-9,11H2,1-3H3. The SMILES string of the molecule is CCCC1CNC(C)(CC)CN1Cc1cc(Br)cs1. The number of thiophene rings is 1. The predicted octanol–water partition coefficient (Wildman–Crippen LogP) is 4.25. The van der Waals surface area contributed by atoms with Crippen molar-refractivity contribution in [1.29, 1.82) is 0 Å². The Morgan fingerprint density at radius 2 is 2.32 bits per heavy atom. The number of nitrogens with zero attached hydrogens (tertiary/aromatic N) is 1. The summed E-state index contributed by atoms with van der Waals surface area (Å²) in [6.07, 6.45) is 3.75. The van der Waals surface area contributed by atoms with Crippen molar-refractivity contribution in [3.8, 4) is 0 Å². The second kappa shape index (κ2) is 6.70. The van der Waals surface area contributed by atoms with E-state index in [0.29, 0.717) is 6.04 Å². The molecule has 0 aliphatic carbocycles. The molecule has 4 heteroatoms. The molecule has 1 N–H and O–H groups in total. The van der Waals surface area contributed by atoms with Gasteiger partial charge in [0.25, 0.3) is 0 Å². The fourth-order valence-electron chi connectivity index (χ4n) is 2.80. The lowest BCUT2D eigenvalue weighted by atomic mass is 9.92. The van der Waals surface area contributed by atoms with Gasteiger partial charge in [-0.2, -0.15) is 0 Å². The van der Waals surface area contributed by atoms with Gasteiger partial charge in [0.1, 0.15) is 0 Å². The van der Waals surface area contributed by atoms with E-state index in [1.54, 1.807) is 0 Å². The van der Waals surface area contributed by atoms with E-state index in [4.69, 9.17) is 0 Å². The van der Waals surface area contributed by atoms with Gasteiger partial charge in [0.2, 0.25) is 0 Å². The first-order valence-corrected chi connectivity index (χ1v) is 8.95. The average Bonchev–Trinajstić information content (AvgIpc) is 2.79. The quantitative estimate of drug-likeness (QED) is 0.858. The smallest absolute Gasteiger partial charge is 0.0332 e. The molecule has 0 spiro atoms. The molecule has 2 unspecified atom stereocenters. The lowest BCUT2D eigenvalue weighted by Gasteiger charge is -2.46. The first-order chi connectivity index (χ1) is 9.06. The Bertz CT molecular complexity index is 407. The molecule has 1 fully saturated rings.